The summed E-state index contributed by atoms with van der Waals surface area (Å²) in [6.45, 7) is 5.28. The second-order valence-corrected chi connectivity index (χ2v) is 6.62. The Morgan fingerprint density at radius 3 is 2.96 bits per heavy atom. The molecule has 0 radical (unpaired) electrons. The lowest BCUT2D eigenvalue weighted by molar-refractivity contribution is 0.183. The van der Waals surface area contributed by atoms with Crippen molar-refractivity contribution in [3.8, 4) is 5.75 Å². The Balaban J connectivity index is 1.44. The van der Waals surface area contributed by atoms with Gasteiger partial charge in [-0.25, -0.2) is 0 Å². The third-order valence-corrected chi connectivity index (χ3v) is 4.97. The Morgan fingerprint density at radius 2 is 2.04 bits per heavy atom. The van der Waals surface area contributed by atoms with Gasteiger partial charge >= 0.3 is 0 Å². The van der Waals surface area contributed by atoms with E-state index >= 15 is 0 Å². The summed E-state index contributed by atoms with van der Waals surface area (Å²) in [5.74, 6) is 0.928. The van der Waals surface area contributed by atoms with Crippen molar-refractivity contribution in [1.82, 2.24) is 9.88 Å². The summed E-state index contributed by atoms with van der Waals surface area (Å²) in [4.78, 5) is 7.13. The molecule has 0 atom stereocenters. The van der Waals surface area contributed by atoms with Gasteiger partial charge in [0, 0.05) is 36.4 Å². The number of nitrogens with zero attached hydrogens (tertiary/aromatic N) is 2. The lowest BCUT2D eigenvalue weighted by Crippen LogP contribution is -2.33. The van der Waals surface area contributed by atoms with Crippen LogP contribution in [0.5, 0.6) is 5.75 Å². The van der Waals surface area contributed by atoms with E-state index in [-0.39, 0.29) is 0 Å². The lowest BCUT2D eigenvalue weighted by atomic mass is 10.0. The van der Waals surface area contributed by atoms with E-state index in [4.69, 9.17) is 4.74 Å². The van der Waals surface area contributed by atoms with Gasteiger partial charge in [0.1, 0.15) is 12.4 Å². The van der Waals surface area contributed by atoms with Crippen LogP contribution in [0.25, 0.3) is 10.9 Å². The molecule has 0 aliphatic carbocycles. The molecule has 4 heteroatoms. The smallest absolute Gasteiger partial charge is 0.121 e. The van der Waals surface area contributed by atoms with Gasteiger partial charge in [-0.3, -0.25) is 9.88 Å². The van der Waals surface area contributed by atoms with Crippen LogP contribution < -0.4 is 10.1 Å². The van der Waals surface area contributed by atoms with Crippen molar-refractivity contribution in [3.05, 3.63) is 30.0 Å². The van der Waals surface area contributed by atoms with Crippen LogP contribution in [0.1, 0.15) is 31.2 Å². The van der Waals surface area contributed by atoms with Crippen molar-refractivity contribution in [3.63, 3.8) is 0 Å². The second kappa shape index (κ2) is 6.75. The van der Waals surface area contributed by atoms with E-state index in [1.807, 2.05) is 6.20 Å². The first-order chi connectivity index (χ1) is 11.4. The van der Waals surface area contributed by atoms with E-state index in [0.717, 1.165) is 37.4 Å². The van der Waals surface area contributed by atoms with Gasteiger partial charge in [-0.05, 0) is 56.5 Å². The third kappa shape index (κ3) is 3.27. The molecule has 4 rings (SSSR count). The molecule has 3 heterocycles. The summed E-state index contributed by atoms with van der Waals surface area (Å²) in [6.07, 6.45) is 8.38. The molecule has 122 valence electrons. The molecule has 0 unspecified atom stereocenters. The van der Waals surface area contributed by atoms with Crippen molar-refractivity contribution in [2.45, 2.75) is 32.1 Å². The number of ether oxygens (including phenoxy) is 1. The van der Waals surface area contributed by atoms with Crippen molar-refractivity contribution in [2.75, 3.05) is 38.1 Å². The first-order valence-corrected chi connectivity index (χ1v) is 8.91. The Morgan fingerprint density at radius 1 is 1.13 bits per heavy atom. The largest absolute Gasteiger partial charge is 0.492 e. The van der Waals surface area contributed by atoms with Crippen LogP contribution in [-0.2, 0) is 6.42 Å². The third-order valence-electron chi connectivity index (χ3n) is 4.97. The summed E-state index contributed by atoms with van der Waals surface area (Å²) >= 11 is 0. The molecule has 4 nitrogen and oxygen atoms in total. The number of aryl methyl sites for hydroxylation is 1. The monoisotopic (exact) mass is 311 g/mol. The normalized spacial score (nSPS) is 18.4. The maximum atomic E-state index is 5.96. The number of rotatable bonds is 4. The van der Waals surface area contributed by atoms with Crippen molar-refractivity contribution < 1.29 is 4.74 Å². The van der Waals surface area contributed by atoms with E-state index in [1.54, 1.807) is 0 Å². The van der Waals surface area contributed by atoms with Gasteiger partial charge in [0.25, 0.3) is 0 Å². The Hall–Kier alpha value is -1.81. The fourth-order valence-electron chi connectivity index (χ4n) is 3.67. The van der Waals surface area contributed by atoms with Crippen LogP contribution in [0.15, 0.2) is 24.4 Å². The van der Waals surface area contributed by atoms with Gasteiger partial charge in [0.15, 0.2) is 0 Å². The zero-order valence-electron chi connectivity index (χ0n) is 13.7. The predicted octanol–water partition coefficient (Wildman–Crippen LogP) is 3.46. The number of anilines is 1. The van der Waals surface area contributed by atoms with Crippen molar-refractivity contribution >= 4 is 16.6 Å². The van der Waals surface area contributed by atoms with Gasteiger partial charge in [0.05, 0.1) is 5.52 Å². The molecule has 0 bridgehead atoms. The molecular weight excluding hydrogens is 286 g/mol. The molecule has 2 aliphatic heterocycles. The summed E-state index contributed by atoms with van der Waals surface area (Å²) in [7, 11) is 0. The Kier molecular flexibility index (Phi) is 4.33. The number of aromatic nitrogens is 1. The van der Waals surface area contributed by atoms with Crippen LogP contribution in [0.3, 0.4) is 0 Å². The zero-order chi connectivity index (χ0) is 15.5. The molecule has 2 aromatic rings. The fourth-order valence-corrected chi connectivity index (χ4v) is 3.67. The molecule has 1 aromatic carbocycles. The Bertz CT molecular complexity index is 680. The van der Waals surface area contributed by atoms with Gasteiger partial charge < -0.3 is 10.1 Å². The first kappa shape index (κ1) is 14.8. The summed E-state index contributed by atoms with van der Waals surface area (Å²) < 4.78 is 5.96. The maximum absolute atomic E-state index is 5.96. The highest BCUT2D eigenvalue weighted by molar-refractivity contribution is 5.93. The highest BCUT2D eigenvalue weighted by Crippen LogP contribution is 2.31. The summed E-state index contributed by atoms with van der Waals surface area (Å²) in [5.41, 5.74) is 3.62. The number of pyridine rings is 1. The average Bonchev–Trinajstić information content (AvgIpc) is 2.62. The second-order valence-electron chi connectivity index (χ2n) is 6.62. The van der Waals surface area contributed by atoms with E-state index in [0.29, 0.717) is 0 Å². The molecule has 1 N–H and O–H groups in total. The van der Waals surface area contributed by atoms with E-state index in [9.17, 15) is 0 Å². The zero-order valence-corrected chi connectivity index (χ0v) is 13.7. The predicted molar refractivity (Wildman–Crippen MR) is 94.3 cm³/mol. The molecule has 0 saturated carbocycles. The number of hydrogen-bond acceptors (Lipinski definition) is 4. The van der Waals surface area contributed by atoms with Gasteiger partial charge in [-0.1, -0.05) is 6.42 Å². The number of piperidine rings is 1. The van der Waals surface area contributed by atoms with E-state index in [1.165, 1.54) is 55.4 Å². The number of hydrogen-bond donors (Lipinski definition) is 1. The topological polar surface area (TPSA) is 37.4 Å². The summed E-state index contributed by atoms with van der Waals surface area (Å²) in [6, 6.07) is 6.30. The molecule has 1 saturated heterocycles. The highest BCUT2D eigenvalue weighted by atomic mass is 16.5. The number of likely N-dealkylation sites (tertiary alicyclic amines) is 1. The fraction of sp³-hybridized carbons (Fsp3) is 0.526. The SMILES string of the molecule is c1cc2c3c(cnc2cc1OCCN1CCCCC1)CCCN3. The number of benzene rings is 1. The average molecular weight is 311 g/mol. The van der Waals surface area contributed by atoms with Crippen LogP contribution in [-0.4, -0.2) is 42.7 Å². The molecule has 0 amide bonds. The molecule has 0 spiro atoms. The minimum absolute atomic E-state index is 0.759. The Labute approximate surface area is 137 Å². The van der Waals surface area contributed by atoms with Gasteiger partial charge in [-0.2, -0.15) is 0 Å². The summed E-state index contributed by atoms with van der Waals surface area (Å²) in [5, 5.41) is 4.74. The molecule has 2 aliphatic rings. The van der Waals surface area contributed by atoms with Gasteiger partial charge in [-0.15, -0.1) is 0 Å². The highest BCUT2D eigenvalue weighted by Gasteiger charge is 2.13. The van der Waals surface area contributed by atoms with Crippen LogP contribution in [0, 0.1) is 0 Å². The van der Waals surface area contributed by atoms with Crippen LogP contribution >= 0.6 is 0 Å². The number of nitrogens with one attached hydrogen (secondary N) is 1. The van der Waals surface area contributed by atoms with Gasteiger partial charge in [0.2, 0.25) is 0 Å². The molecule has 23 heavy (non-hydrogen) atoms. The van der Waals surface area contributed by atoms with Crippen molar-refractivity contribution in [1.29, 1.82) is 0 Å². The minimum Gasteiger partial charge on any atom is -0.492 e. The first-order valence-electron chi connectivity index (χ1n) is 8.91. The van der Waals surface area contributed by atoms with E-state index in [2.05, 4.69) is 33.4 Å². The maximum Gasteiger partial charge on any atom is 0.121 e. The standard InChI is InChI=1S/C19H25N3O/c1-2-9-22(10-3-1)11-12-23-16-6-7-17-18(13-16)21-14-15-5-4-8-20-19(15)17/h6-7,13-14,20H,1-5,8-12H2. The molecule has 1 aromatic heterocycles. The minimum atomic E-state index is 0.759. The van der Waals surface area contributed by atoms with Crippen molar-refractivity contribution in [2.24, 2.45) is 0 Å². The molecule has 1 fully saturated rings. The number of fused-ring (bicyclic) bond motifs is 3. The lowest BCUT2D eigenvalue weighted by Gasteiger charge is -2.26. The van der Waals surface area contributed by atoms with Crippen LogP contribution in [0.4, 0.5) is 5.69 Å². The van der Waals surface area contributed by atoms with Crippen LogP contribution in [0.2, 0.25) is 0 Å². The molecular formula is C19H25N3O. The quantitative estimate of drug-likeness (QED) is 0.938. The van der Waals surface area contributed by atoms with E-state index < -0.39 is 0 Å².